The van der Waals surface area contributed by atoms with Crippen LogP contribution >= 0.6 is 27.7 Å². The molecule has 4 nitrogen and oxygen atoms in total. The summed E-state index contributed by atoms with van der Waals surface area (Å²) >= 11 is 4.82. The molecule has 1 atom stereocenters. The number of nitrogens with two attached hydrogens (primary N) is 1. The van der Waals surface area contributed by atoms with Crippen LogP contribution in [0.3, 0.4) is 0 Å². The topological polar surface area (TPSA) is 72.2 Å². The number of hydrogen-bond acceptors (Lipinski definition) is 4. The summed E-state index contributed by atoms with van der Waals surface area (Å²) in [6, 6.07) is 2.20. The fourth-order valence-corrected chi connectivity index (χ4v) is 4.83. The summed E-state index contributed by atoms with van der Waals surface area (Å²) in [5.74, 6) is 0.237. The SMILES string of the molecule is Nc1cc(S(=O)(=O)NCC2CCCCS2)c(F)cc1Br. The first kappa shape index (κ1) is 16.1. The van der Waals surface area contributed by atoms with Crippen molar-refractivity contribution in [3.8, 4) is 0 Å². The number of anilines is 1. The number of halogens is 2. The average molecular weight is 383 g/mol. The normalized spacial score (nSPS) is 20.0. The number of thioether (sulfide) groups is 1. The van der Waals surface area contributed by atoms with Crippen LogP contribution in [0.4, 0.5) is 10.1 Å². The molecule has 1 aliphatic heterocycles. The summed E-state index contributed by atoms with van der Waals surface area (Å²) in [4.78, 5) is -0.404. The largest absolute Gasteiger partial charge is 0.398 e. The van der Waals surface area contributed by atoms with Gasteiger partial charge in [-0.25, -0.2) is 17.5 Å². The smallest absolute Gasteiger partial charge is 0.243 e. The van der Waals surface area contributed by atoms with E-state index >= 15 is 0 Å². The van der Waals surface area contributed by atoms with E-state index in [4.69, 9.17) is 5.73 Å². The van der Waals surface area contributed by atoms with Crippen LogP contribution in [0.2, 0.25) is 0 Å². The van der Waals surface area contributed by atoms with Crippen molar-refractivity contribution in [1.29, 1.82) is 0 Å². The van der Waals surface area contributed by atoms with E-state index in [0.717, 1.165) is 30.7 Å². The zero-order chi connectivity index (χ0) is 14.8. The number of nitrogen functional groups attached to an aromatic ring is 1. The Bertz CT molecular complexity index is 589. The molecule has 1 fully saturated rings. The number of benzene rings is 1. The quantitative estimate of drug-likeness (QED) is 0.785. The van der Waals surface area contributed by atoms with Gasteiger partial charge in [-0.05, 0) is 46.7 Å². The van der Waals surface area contributed by atoms with Crippen LogP contribution in [0, 0.1) is 5.82 Å². The second-order valence-corrected chi connectivity index (χ2v) is 8.64. The number of nitrogens with one attached hydrogen (secondary N) is 1. The van der Waals surface area contributed by atoms with Crippen molar-refractivity contribution in [1.82, 2.24) is 4.72 Å². The van der Waals surface area contributed by atoms with Crippen LogP contribution in [-0.4, -0.2) is 26.0 Å². The van der Waals surface area contributed by atoms with E-state index in [1.165, 1.54) is 6.42 Å². The molecule has 1 aromatic carbocycles. The Morgan fingerprint density at radius 3 is 2.85 bits per heavy atom. The van der Waals surface area contributed by atoms with Gasteiger partial charge >= 0.3 is 0 Å². The molecule has 1 aliphatic rings. The molecule has 1 heterocycles. The monoisotopic (exact) mass is 382 g/mol. The predicted molar refractivity (Wildman–Crippen MR) is 83.8 cm³/mol. The molecular formula is C12H16BrFN2O2S2. The molecule has 0 saturated carbocycles. The lowest BCUT2D eigenvalue weighted by Gasteiger charge is -2.21. The first-order valence-electron chi connectivity index (χ1n) is 6.26. The van der Waals surface area contributed by atoms with Crippen LogP contribution in [0.5, 0.6) is 0 Å². The highest BCUT2D eigenvalue weighted by Crippen LogP contribution is 2.27. The number of hydrogen-bond donors (Lipinski definition) is 2. The van der Waals surface area contributed by atoms with Gasteiger partial charge in [-0.2, -0.15) is 11.8 Å². The predicted octanol–water partition coefficient (Wildman–Crippen LogP) is 2.73. The molecule has 0 aliphatic carbocycles. The van der Waals surface area contributed by atoms with Crippen molar-refractivity contribution in [2.75, 3.05) is 18.0 Å². The molecule has 112 valence electrons. The molecule has 2 rings (SSSR count). The van der Waals surface area contributed by atoms with E-state index in [2.05, 4.69) is 20.7 Å². The molecule has 0 aromatic heterocycles. The molecule has 0 spiro atoms. The zero-order valence-corrected chi connectivity index (χ0v) is 14.0. The Morgan fingerprint density at radius 1 is 1.45 bits per heavy atom. The molecule has 20 heavy (non-hydrogen) atoms. The summed E-state index contributed by atoms with van der Waals surface area (Å²) in [6.45, 7) is 0.322. The fourth-order valence-electron chi connectivity index (χ4n) is 2.00. The molecule has 1 unspecified atom stereocenters. The Labute approximate surface area is 130 Å². The minimum Gasteiger partial charge on any atom is -0.398 e. The Balaban J connectivity index is 2.11. The van der Waals surface area contributed by atoms with Crippen LogP contribution in [0.25, 0.3) is 0 Å². The highest BCUT2D eigenvalue weighted by Gasteiger charge is 2.23. The lowest BCUT2D eigenvalue weighted by molar-refractivity contribution is 0.552. The van der Waals surface area contributed by atoms with Crippen LogP contribution in [0.15, 0.2) is 21.5 Å². The third kappa shape index (κ3) is 3.87. The van der Waals surface area contributed by atoms with Crippen molar-refractivity contribution >= 4 is 43.4 Å². The second-order valence-electron chi connectivity index (χ2n) is 4.64. The van der Waals surface area contributed by atoms with Gasteiger partial charge in [0.1, 0.15) is 10.7 Å². The lowest BCUT2D eigenvalue weighted by atomic mass is 10.2. The van der Waals surface area contributed by atoms with Crippen LogP contribution in [0.1, 0.15) is 19.3 Å². The van der Waals surface area contributed by atoms with Gasteiger partial charge < -0.3 is 5.73 Å². The molecule has 1 aromatic rings. The van der Waals surface area contributed by atoms with Crippen molar-refractivity contribution in [3.05, 3.63) is 22.4 Å². The Kier molecular flexibility index (Phi) is 5.33. The molecular weight excluding hydrogens is 367 g/mol. The van der Waals surface area contributed by atoms with E-state index in [1.807, 2.05) is 0 Å². The molecule has 8 heteroatoms. The summed E-state index contributed by atoms with van der Waals surface area (Å²) in [5.41, 5.74) is 5.81. The van der Waals surface area contributed by atoms with Gasteiger partial charge in [-0.15, -0.1) is 0 Å². The van der Waals surface area contributed by atoms with Crippen LogP contribution < -0.4 is 10.5 Å². The fraction of sp³-hybridized carbons (Fsp3) is 0.500. The standard InChI is InChI=1S/C12H16BrFN2O2S2/c13-9-5-10(14)12(6-11(9)15)20(17,18)16-7-8-3-1-2-4-19-8/h5-6,8,16H,1-4,7,15H2. The average Bonchev–Trinajstić information content (AvgIpc) is 2.42. The van der Waals surface area contributed by atoms with E-state index < -0.39 is 20.7 Å². The maximum absolute atomic E-state index is 13.8. The van der Waals surface area contributed by atoms with E-state index in [0.29, 0.717) is 11.0 Å². The third-order valence-electron chi connectivity index (χ3n) is 3.12. The highest BCUT2D eigenvalue weighted by atomic mass is 79.9. The zero-order valence-electron chi connectivity index (χ0n) is 10.7. The van der Waals surface area contributed by atoms with Crippen LogP contribution in [-0.2, 0) is 10.0 Å². The van der Waals surface area contributed by atoms with Gasteiger partial charge in [0.25, 0.3) is 0 Å². The molecule has 0 bridgehead atoms. The molecule has 3 N–H and O–H groups in total. The molecule has 0 amide bonds. The maximum Gasteiger partial charge on any atom is 0.243 e. The van der Waals surface area contributed by atoms with E-state index in [9.17, 15) is 12.8 Å². The maximum atomic E-state index is 13.8. The first-order valence-corrected chi connectivity index (χ1v) is 9.58. The Hall–Kier alpha value is -0.310. The van der Waals surface area contributed by atoms with Gasteiger partial charge in [0.2, 0.25) is 10.0 Å². The lowest BCUT2D eigenvalue weighted by Crippen LogP contribution is -2.32. The van der Waals surface area contributed by atoms with Crippen molar-refractivity contribution in [2.24, 2.45) is 0 Å². The second kappa shape index (κ2) is 6.64. The minimum atomic E-state index is -3.87. The molecule has 0 radical (unpaired) electrons. The van der Waals surface area contributed by atoms with E-state index in [-0.39, 0.29) is 10.9 Å². The van der Waals surface area contributed by atoms with Gasteiger partial charge in [-0.3, -0.25) is 0 Å². The number of rotatable bonds is 4. The first-order chi connectivity index (χ1) is 9.40. The van der Waals surface area contributed by atoms with Crippen molar-refractivity contribution in [2.45, 2.75) is 29.4 Å². The van der Waals surface area contributed by atoms with Gasteiger partial charge in [0.05, 0.1) is 0 Å². The van der Waals surface area contributed by atoms with Crippen molar-refractivity contribution in [3.63, 3.8) is 0 Å². The van der Waals surface area contributed by atoms with E-state index in [1.54, 1.807) is 11.8 Å². The summed E-state index contributed by atoms with van der Waals surface area (Å²) < 4.78 is 40.9. The van der Waals surface area contributed by atoms with Gasteiger partial charge in [-0.1, -0.05) is 6.42 Å². The summed E-state index contributed by atoms with van der Waals surface area (Å²) in [7, 11) is -3.87. The number of sulfonamides is 1. The minimum absolute atomic E-state index is 0.193. The van der Waals surface area contributed by atoms with Crippen molar-refractivity contribution < 1.29 is 12.8 Å². The van der Waals surface area contributed by atoms with Gasteiger partial charge in [0, 0.05) is 22.0 Å². The summed E-state index contributed by atoms with van der Waals surface area (Å²) in [5, 5.41) is 0.259. The third-order valence-corrected chi connectivity index (χ3v) is 6.64. The Morgan fingerprint density at radius 2 is 2.20 bits per heavy atom. The highest BCUT2D eigenvalue weighted by molar-refractivity contribution is 9.10. The molecule has 1 saturated heterocycles. The van der Waals surface area contributed by atoms with Gasteiger partial charge in [0.15, 0.2) is 0 Å². The summed E-state index contributed by atoms with van der Waals surface area (Å²) in [6.07, 6.45) is 3.27.